The summed E-state index contributed by atoms with van der Waals surface area (Å²) in [6.07, 6.45) is 6.80. The van der Waals surface area contributed by atoms with E-state index in [9.17, 15) is 9.00 Å². The summed E-state index contributed by atoms with van der Waals surface area (Å²) in [6.45, 7) is 2.07. The number of amidine groups is 1. The summed E-state index contributed by atoms with van der Waals surface area (Å²) in [5, 5.41) is 0. The molecule has 1 aromatic rings. The average Bonchev–Trinajstić information content (AvgIpc) is 3.24. The van der Waals surface area contributed by atoms with Crippen LogP contribution in [0.15, 0.2) is 33.9 Å². The van der Waals surface area contributed by atoms with Crippen LogP contribution in [0.4, 0.5) is 0 Å². The van der Waals surface area contributed by atoms with Crippen LogP contribution in [-0.2, 0) is 24.2 Å². The Labute approximate surface area is 152 Å². The zero-order valence-electron chi connectivity index (χ0n) is 14.6. The summed E-state index contributed by atoms with van der Waals surface area (Å²) in [7, 11) is -2.52. The van der Waals surface area contributed by atoms with Crippen molar-refractivity contribution in [1.29, 1.82) is 0 Å². The minimum atomic E-state index is -2.52. The predicted octanol–water partition coefficient (Wildman–Crippen LogP) is 2.09. The van der Waals surface area contributed by atoms with Crippen molar-refractivity contribution in [2.45, 2.75) is 56.0 Å². The number of nitrogens with one attached hydrogen (secondary N) is 1. The number of ether oxygens (including phenoxy) is 2. The Morgan fingerprint density at radius 3 is 3.23 bits per heavy atom. The Morgan fingerprint density at radius 1 is 1.58 bits per heavy atom. The Morgan fingerprint density at radius 2 is 2.46 bits per heavy atom. The first-order valence-corrected chi connectivity index (χ1v) is 10.4. The van der Waals surface area contributed by atoms with Gasteiger partial charge >= 0.3 is 5.97 Å². The van der Waals surface area contributed by atoms with E-state index in [1.54, 1.807) is 25.4 Å². The van der Waals surface area contributed by atoms with Crippen molar-refractivity contribution < 1.29 is 18.5 Å². The van der Waals surface area contributed by atoms with E-state index in [2.05, 4.69) is 19.1 Å². The maximum atomic E-state index is 12.9. The van der Waals surface area contributed by atoms with Gasteiger partial charge in [0.2, 0.25) is 4.87 Å². The quantitative estimate of drug-likeness (QED) is 0.791. The van der Waals surface area contributed by atoms with Gasteiger partial charge in [-0.15, -0.1) is 0 Å². The average molecular weight is 378 g/mol. The number of pyridine rings is 1. The molecule has 9 heteroatoms. The molecule has 1 aromatic heterocycles. The fraction of sp³-hybridized carbons (Fsp3) is 0.588. The third kappa shape index (κ3) is 2.94. The van der Waals surface area contributed by atoms with Gasteiger partial charge in [-0.2, -0.15) is 4.36 Å². The van der Waals surface area contributed by atoms with Crippen molar-refractivity contribution in [3.8, 4) is 0 Å². The molecule has 4 rings (SSSR count). The number of hydrogen-bond acceptors (Lipinski definition) is 7. The standard InChI is InChI=1S/C17H22N4O4S/c1-2-24-15(22)10-13(12-6-5-9-18-11-12)19-16-20-26(23)17(21-26)8-4-3-7-14(17)25-16/h5-6,9,11,13-14H,2-4,7-8,10H2,1H3,(H,19,20,21,23)/t13-,14-,17+,26?/m0/s1. The van der Waals surface area contributed by atoms with E-state index in [-0.39, 0.29) is 24.5 Å². The number of nitrogens with zero attached hydrogens (tertiary/aromatic N) is 3. The fourth-order valence-electron chi connectivity index (χ4n) is 3.64. The van der Waals surface area contributed by atoms with E-state index < -0.39 is 20.8 Å². The topological polar surface area (TPSA) is 102 Å². The third-order valence-electron chi connectivity index (χ3n) is 4.97. The second-order valence-corrected chi connectivity index (χ2v) is 8.81. The van der Waals surface area contributed by atoms with Crippen LogP contribution >= 0.6 is 0 Å². The van der Waals surface area contributed by atoms with E-state index in [1.165, 1.54) is 0 Å². The molecule has 0 bridgehead atoms. The predicted molar refractivity (Wildman–Crippen MR) is 95.4 cm³/mol. The molecule has 1 N–H and O–H groups in total. The normalized spacial score (nSPS) is 34.3. The molecule has 3 aliphatic rings. The van der Waals surface area contributed by atoms with E-state index in [0.29, 0.717) is 6.61 Å². The van der Waals surface area contributed by atoms with Crippen LogP contribution in [-0.4, -0.2) is 38.8 Å². The molecule has 1 unspecified atom stereocenters. The molecule has 140 valence electrons. The smallest absolute Gasteiger partial charge is 0.308 e. The van der Waals surface area contributed by atoms with Crippen molar-refractivity contribution in [2.24, 2.45) is 9.36 Å². The van der Waals surface area contributed by atoms with Crippen molar-refractivity contribution in [1.82, 2.24) is 9.71 Å². The molecule has 1 spiro atoms. The number of hydrogen-bond donors (Lipinski definition) is 1. The lowest BCUT2D eigenvalue weighted by molar-refractivity contribution is -0.143. The van der Waals surface area contributed by atoms with Crippen LogP contribution in [0.2, 0.25) is 0 Å². The van der Waals surface area contributed by atoms with Gasteiger partial charge in [-0.05, 0) is 44.2 Å². The maximum absolute atomic E-state index is 12.9. The first-order chi connectivity index (χ1) is 12.6. The van der Waals surface area contributed by atoms with Crippen LogP contribution in [0.5, 0.6) is 0 Å². The highest BCUT2D eigenvalue weighted by atomic mass is 32.2. The molecule has 1 aliphatic carbocycles. The second kappa shape index (κ2) is 6.53. The van der Waals surface area contributed by atoms with E-state index >= 15 is 0 Å². The zero-order chi connectivity index (χ0) is 18.2. The Bertz CT molecular complexity index is 850. The van der Waals surface area contributed by atoms with Gasteiger partial charge in [0.15, 0.2) is 9.92 Å². The molecule has 0 aromatic carbocycles. The summed E-state index contributed by atoms with van der Waals surface area (Å²) in [6, 6.07) is 3.29. The first-order valence-electron chi connectivity index (χ1n) is 8.92. The zero-order valence-corrected chi connectivity index (χ0v) is 15.4. The molecule has 2 aliphatic heterocycles. The monoisotopic (exact) mass is 378 g/mol. The van der Waals surface area contributed by atoms with E-state index in [4.69, 9.17) is 9.47 Å². The summed E-state index contributed by atoms with van der Waals surface area (Å²) in [5.74, 6) is -0.353. The van der Waals surface area contributed by atoms with Gasteiger partial charge in [-0.3, -0.25) is 14.5 Å². The number of esters is 1. The molecule has 2 fully saturated rings. The summed E-state index contributed by atoms with van der Waals surface area (Å²) in [4.78, 5) is 20.0. The fourth-order valence-corrected chi connectivity index (χ4v) is 5.95. The SMILES string of the molecule is CCOC(=O)C[C@H](N=C1NS2(=O)=N[C@]23CCCC[C@@H]3O1)c1cccnc1. The number of aliphatic imine (C=N–C) groups is 1. The highest BCUT2D eigenvalue weighted by Crippen LogP contribution is 2.51. The van der Waals surface area contributed by atoms with Gasteiger partial charge in [0, 0.05) is 12.4 Å². The number of carbonyl (C=O) groups excluding carboxylic acids is 1. The van der Waals surface area contributed by atoms with Gasteiger partial charge in [0.25, 0.3) is 6.02 Å². The van der Waals surface area contributed by atoms with Crippen molar-refractivity contribution >= 4 is 21.9 Å². The van der Waals surface area contributed by atoms with Crippen LogP contribution in [0.3, 0.4) is 0 Å². The summed E-state index contributed by atoms with van der Waals surface area (Å²) < 4.78 is 31.2. The Kier molecular flexibility index (Phi) is 4.34. The molecule has 4 atom stereocenters. The molecular formula is C17H22N4O4S. The van der Waals surface area contributed by atoms with E-state index in [1.807, 2.05) is 6.07 Å². The summed E-state index contributed by atoms with van der Waals surface area (Å²) in [5.41, 5.74) is 0.765. The lowest BCUT2D eigenvalue weighted by Gasteiger charge is -2.34. The minimum Gasteiger partial charge on any atom is -0.466 e. The molecule has 1 saturated carbocycles. The Balaban J connectivity index is 1.59. The third-order valence-corrected chi connectivity index (χ3v) is 7.35. The lowest BCUT2D eigenvalue weighted by atomic mass is 9.92. The highest BCUT2D eigenvalue weighted by molar-refractivity contribution is 7.98. The Hall–Kier alpha value is -2.16. The highest BCUT2D eigenvalue weighted by Gasteiger charge is 2.65. The molecule has 26 heavy (non-hydrogen) atoms. The van der Waals surface area contributed by atoms with Crippen LogP contribution in [0.1, 0.15) is 50.6 Å². The van der Waals surface area contributed by atoms with Gasteiger partial charge in [0.05, 0.1) is 19.1 Å². The maximum Gasteiger partial charge on any atom is 0.308 e. The van der Waals surface area contributed by atoms with Crippen LogP contribution in [0, 0.1) is 0 Å². The minimum absolute atomic E-state index is 0.0578. The number of rotatable bonds is 5. The molecule has 3 heterocycles. The number of carbonyl (C=O) groups is 1. The van der Waals surface area contributed by atoms with Gasteiger partial charge in [-0.1, -0.05) is 6.07 Å². The lowest BCUT2D eigenvalue weighted by Crippen LogP contribution is -2.52. The molecular weight excluding hydrogens is 356 g/mol. The number of aromatic nitrogens is 1. The largest absolute Gasteiger partial charge is 0.466 e. The van der Waals surface area contributed by atoms with Gasteiger partial charge in [0.1, 0.15) is 6.10 Å². The molecule has 0 radical (unpaired) electrons. The summed E-state index contributed by atoms with van der Waals surface area (Å²) >= 11 is 0. The van der Waals surface area contributed by atoms with Crippen molar-refractivity contribution in [3.63, 3.8) is 0 Å². The van der Waals surface area contributed by atoms with Gasteiger partial charge in [-0.25, -0.2) is 9.20 Å². The first kappa shape index (κ1) is 17.3. The second-order valence-electron chi connectivity index (χ2n) is 6.66. The van der Waals surface area contributed by atoms with E-state index in [0.717, 1.165) is 31.2 Å². The van der Waals surface area contributed by atoms with Gasteiger partial charge < -0.3 is 9.47 Å². The van der Waals surface area contributed by atoms with Crippen molar-refractivity contribution in [2.75, 3.05) is 6.61 Å². The van der Waals surface area contributed by atoms with Crippen LogP contribution in [0.25, 0.3) is 0 Å². The van der Waals surface area contributed by atoms with Crippen molar-refractivity contribution in [3.05, 3.63) is 30.1 Å². The molecule has 0 amide bonds. The molecule has 8 nitrogen and oxygen atoms in total. The molecule has 1 saturated heterocycles. The van der Waals surface area contributed by atoms with Crippen LogP contribution < -0.4 is 4.72 Å².